The topological polar surface area (TPSA) is 71.6 Å². The van der Waals surface area contributed by atoms with Gasteiger partial charge in [-0.2, -0.15) is 4.98 Å². The molecular formula is C16H23N3O3. The molecule has 6 heteroatoms. The number of nitrogens with zero attached hydrogens (tertiary/aromatic N) is 3. The summed E-state index contributed by atoms with van der Waals surface area (Å²) in [7, 11) is 1.91. The summed E-state index contributed by atoms with van der Waals surface area (Å²) in [6, 6.07) is 9.85. The third kappa shape index (κ3) is 4.91. The molecule has 0 amide bonds. The number of hydrogen-bond acceptors (Lipinski definition) is 6. The minimum atomic E-state index is -0.569. The van der Waals surface area contributed by atoms with Crippen LogP contribution in [0.5, 0.6) is 0 Å². The third-order valence-electron chi connectivity index (χ3n) is 3.48. The monoisotopic (exact) mass is 305 g/mol. The first kappa shape index (κ1) is 16.6. The Morgan fingerprint density at radius 2 is 2.05 bits per heavy atom. The fourth-order valence-corrected chi connectivity index (χ4v) is 2.10. The molecule has 0 unspecified atom stereocenters. The van der Waals surface area contributed by atoms with Gasteiger partial charge in [-0.05, 0) is 26.5 Å². The molecule has 120 valence electrons. The van der Waals surface area contributed by atoms with Crippen molar-refractivity contribution >= 4 is 0 Å². The Bertz CT molecular complexity index is 559. The Labute approximate surface area is 130 Å². The van der Waals surface area contributed by atoms with Crippen LogP contribution in [0.15, 0.2) is 34.9 Å². The molecule has 0 aliphatic rings. The van der Waals surface area contributed by atoms with Crippen molar-refractivity contribution in [2.75, 3.05) is 20.2 Å². The molecule has 1 aromatic heterocycles. The first-order chi connectivity index (χ1) is 10.6. The predicted octanol–water partition coefficient (Wildman–Crippen LogP) is 1.95. The summed E-state index contributed by atoms with van der Waals surface area (Å²) in [6.45, 7) is 5.00. The molecule has 1 aromatic carbocycles. The van der Waals surface area contributed by atoms with Gasteiger partial charge in [0.05, 0.1) is 25.4 Å². The second kappa shape index (κ2) is 8.03. The molecule has 0 fully saturated rings. The minimum absolute atomic E-state index is 0.0510. The van der Waals surface area contributed by atoms with Crippen LogP contribution in [0.2, 0.25) is 0 Å². The van der Waals surface area contributed by atoms with Crippen LogP contribution in [0.4, 0.5) is 0 Å². The molecule has 2 aromatic rings. The Morgan fingerprint density at radius 3 is 2.68 bits per heavy atom. The Hall–Kier alpha value is -1.76. The number of aromatic nitrogens is 2. The lowest BCUT2D eigenvalue weighted by Gasteiger charge is -2.24. The van der Waals surface area contributed by atoms with E-state index in [2.05, 4.69) is 10.1 Å². The van der Waals surface area contributed by atoms with Gasteiger partial charge in [0.1, 0.15) is 0 Å². The van der Waals surface area contributed by atoms with Crippen molar-refractivity contribution in [3.63, 3.8) is 0 Å². The van der Waals surface area contributed by atoms with Crippen molar-refractivity contribution in [2.24, 2.45) is 0 Å². The van der Waals surface area contributed by atoms with Gasteiger partial charge in [-0.15, -0.1) is 0 Å². The summed E-state index contributed by atoms with van der Waals surface area (Å²) in [5, 5.41) is 13.8. The molecule has 1 heterocycles. The van der Waals surface area contributed by atoms with Gasteiger partial charge in [0, 0.05) is 6.54 Å². The smallest absolute Gasteiger partial charge is 0.243 e. The zero-order valence-electron chi connectivity index (χ0n) is 13.3. The number of rotatable bonds is 8. The summed E-state index contributed by atoms with van der Waals surface area (Å²) >= 11 is 0. The fraction of sp³-hybridized carbons (Fsp3) is 0.500. The van der Waals surface area contributed by atoms with E-state index in [-0.39, 0.29) is 12.6 Å². The normalized spacial score (nSPS) is 14.2. The molecular weight excluding hydrogens is 282 g/mol. The number of aryl methyl sites for hydroxylation is 1. The highest BCUT2D eigenvalue weighted by molar-refractivity contribution is 5.13. The third-order valence-corrected chi connectivity index (χ3v) is 3.48. The first-order valence-electron chi connectivity index (χ1n) is 7.36. The molecule has 22 heavy (non-hydrogen) atoms. The zero-order valence-corrected chi connectivity index (χ0v) is 13.3. The van der Waals surface area contributed by atoms with E-state index in [0.717, 1.165) is 5.56 Å². The van der Waals surface area contributed by atoms with Crippen molar-refractivity contribution in [1.82, 2.24) is 15.0 Å². The standard InChI is InChI=1S/C16H23N3O3/c1-12(16-17-13(2)18-22-16)19(3)9-15(20)11-21-10-14-7-5-4-6-8-14/h4-8,12,15,20H,9-11H2,1-3H3/t12-,15-/m0/s1. The minimum Gasteiger partial charge on any atom is -0.389 e. The lowest BCUT2D eigenvalue weighted by Crippen LogP contribution is -2.34. The molecule has 2 rings (SSSR count). The van der Waals surface area contributed by atoms with Crippen LogP contribution in [0, 0.1) is 6.92 Å². The van der Waals surface area contributed by atoms with Gasteiger partial charge in [0.15, 0.2) is 5.82 Å². The lowest BCUT2D eigenvalue weighted by atomic mass is 10.2. The SMILES string of the molecule is Cc1noc([C@H](C)N(C)C[C@H](O)COCc2ccccc2)n1. The van der Waals surface area contributed by atoms with Gasteiger partial charge in [0.2, 0.25) is 5.89 Å². The van der Waals surface area contributed by atoms with Crippen LogP contribution in [-0.2, 0) is 11.3 Å². The highest BCUT2D eigenvalue weighted by Crippen LogP contribution is 2.16. The number of benzene rings is 1. The quantitative estimate of drug-likeness (QED) is 0.803. The Kier molecular flexibility index (Phi) is 6.06. The Morgan fingerprint density at radius 1 is 1.32 bits per heavy atom. The van der Waals surface area contributed by atoms with Crippen molar-refractivity contribution in [1.29, 1.82) is 0 Å². The van der Waals surface area contributed by atoms with Crippen LogP contribution in [0.3, 0.4) is 0 Å². The molecule has 0 bridgehead atoms. The van der Waals surface area contributed by atoms with E-state index >= 15 is 0 Å². The summed E-state index contributed by atoms with van der Waals surface area (Å²) < 4.78 is 10.7. The fourth-order valence-electron chi connectivity index (χ4n) is 2.10. The molecule has 0 saturated carbocycles. The second-order valence-corrected chi connectivity index (χ2v) is 5.45. The van der Waals surface area contributed by atoms with E-state index in [1.165, 1.54) is 0 Å². The van der Waals surface area contributed by atoms with Crippen molar-refractivity contribution in [2.45, 2.75) is 32.6 Å². The van der Waals surface area contributed by atoms with E-state index in [9.17, 15) is 5.11 Å². The maximum Gasteiger partial charge on any atom is 0.243 e. The number of ether oxygens (including phenoxy) is 1. The van der Waals surface area contributed by atoms with Gasteiger partial charge in [-0.3, -0.25) is 4.90 Å². The van der Waals surface area contributed by atoms with Crippen LogP contribution in [-0.4, -0.2) is 46.5 Å². The van der Waals surface area contributed by atoms with Gasteiger partial charge < -0.3 is 14.4 Å². The predicted molar refractivity (Wildman–Crippen MR) is 82.2 cm³/mol. The maximum atomic E-state index is 10.1. The van der Waals surface area contributed by atoms with E-state index in [1.54, 1.807) is 6.92 Å². The summed E-state index contributed by atoms with van der Waals surface area (Å²) in [6.07, 6.45) is -0.569. The van der Waals surface area contributed by atoms with E-state index in [0.29, 0.717) is 24.9 Å². The lowest BCUT2D eigenvalue weighted by molar-refractivity contribution is 0.00653. The van der Waals surface area contributed by atoms with Crippen molar-refractivity contribution in [3.05, 3.63) is 47.6 Å². The van der Waals surface area contributed by atoms with Gasteiger partial charge in [-0.25, -0.2) is 0 Å². The highest BCUT2D eigenvalue weighted by Gasteiger charge is 2.20. The number of likely N-dealkylation sites (N-methyl/N-ethyl adjacent to an activating group) is 1. The molecule has 2 atom stereocenters. The van der Waals surface area contributed by atoms with Gasteiger partial charge in [0.25, 0.3) is 0 Å². The molecule has 0 aliphatic heterocycles. The molecule has 0 aliphatic carbocycles. The van der Waals surface area contributed by atoms with E-state index in [4.69, 9.17) is 9.26 Å². The Balaban J connectivity index is 1.73. The van der Waals surface area contributed by atoms with Crippen LogP contribution < -0.4 is 0 Å². The number of aliphatic hydroxyl groups excluding tert-OH is 1. The molecule has 0 saturated heterocycles. The van der Waals surface area contributed by atoms with Gasteiger partial charge >= 0.3 is 0 Å². The highest BCUT2D eigenvalue weighted by atomic mass is 16.5. The van der Waals surface area contributed by atoms with Gasteiger partial charge in [-0.1, -0.05) is 35.5 Å². The largest absolute Gasteiger partial charge is 0.389 e. The average molecular weight is 305 g/mol. The van der Waals surface area contributed by atoms with Crippen molar-refractivity contribution in [3.8, 4) is 0 Å². The second-order valence-electron chi connectivity index (χ2n) is 5.45. The maximum absolute atomic E-state index is 10.1. The van der Waals surface area contributed by atoms with Crippen LogP contribution in [0.1, 0.15) is 30.2 Å². The van der Waals surface area contributed by atoms with E-state index < -0.39 is 6.10 Å². The number of hydrogen-bond donors (Lipinski definition) is 1. The average Bonchev–Trinajstić information content (AvgIpc) is 2.94. The summed E-state index contributed by atoms with van der Waals surface area (Å²) in [5.74, 6) is 1.17. The molecule has 0 spiro atoms. The van der Waals surface area contributed by atoms with E-state index in [1.807, 2.05) is 49.2 Å². The molecule has 0 radical (unpaired) electrons. The summed E-state index contributed by atoms with van der Waals surface area (Å²) in [4.78, 5) is 6.17. The number of aliphatic hydroxyl groups is 1. The zero-order chi connectivity index (χ0) is 15.9. The van der Waals surface area contributed by atoms with Crippen LogP contribution >= 0.6 is 0 Å². The van der Waals surface area contributed by atoms with Crippen LogP contribution in [0.25, 0.3) is 0 Å². The summed E-state index contributed by atoms with van der Waals surface area (Å²) in [5.41, 5.74) is 1.10. The molecule has 6 nitrogen and oxygen atoms in total. The first-order valence-corrected chi connectivity index (χ1v) is 7.36. The van der Waals surface area contributed by atoms with Crippen molar-refractivity contribution < 1.29 is 14.4 Å². The molecule has 1 N–H and O–H groups in total.